The highest BCUT2D eigenvalue weighted by Crippen LogP contribution is 2.34. The SMILES string of the molecule is COc1ccc(S(=O)(=O)N(Cc2cc3cc4c(cc3[nH]c2=O)OCCO4)C[C@@H]2CCCO2)cc1. The van der Waals surface area contributed by atoms with Gasteiger partial charge in [-0.1, -0.05) is 0 Å². The van der Waals surface area contributed by atoms with Crippen molar-refractivity contribution < 1.29 is 27.4 Å². The molecular weight excluding hydrogens is 460 g/mol. The van der Waals surface area contributed by atoms with Crippen LogP contribution in [0.15, 0.2) is 52.2 Å². The number of sulfonamides is 1. The Kier molecular flexibility index (Phi) is 6.20. The molecule has 0 spiro atoms. The van der Waals surface area contributed by atoms with Gasteiger partial charge in [-0.2, -0.15) is 4.31 Å². The number of methoxy groups -OCH3 is 1. The monoisotopic (exact) mass is 486 g/mol. The lowest BCUT2D eigenvalue weighted by Gasteiger charge is -2.25. The van der Waals surface area contributed by atoms with Gasteiger partial charge in [0.15, 0.2) is 11.5 Å². The molecule has 0 amide bonds. The Morgan fingerprint density at radius 1 is 1.06 bits per heavy atom. The topological polar surface area (TPSA) is 107 Å². The van der Waals surface area contributed by atoms with Crippen molar-refractivity contribution in [2.24, 2.45) is 0 Å². The average molecular weight is 487 g/mol. The van der Waals surface area contributed by atoms with Crippen molar-refractivity contribution in [1.29, 1.82) is 0 Å². The lowest BCUT2D eigenvalue weighted by atomic mass is 10.1. The Balaban J connectivity index is 1.51. The van der Waals surface area contributed by atoms with Gasteiger partial charge in [0.25, 0.3) is 5.56 Å². The van der Waals surface area contributed by atoms with Crippen molar-refractivity contribution in [3.8, 4) is 17.2 Å². The fraction of sp³-hybridized carbons (Fsp3) is 0.375. The molecule has 180 valence electrons. The summed E-state index contributed by atoms with van der Waals surface area (Å²) >= 11 is 0. The molecule has 2 aromatic carbocycles. The van der Waals surface area contributed by atoms with E-state index in [-0.39, 0.29) is 29.6 Å². The summed E-state index contributed by atoms with van der Waals surface area (Å²) in [4.78, 5) is 15.9. The number of pyridine rings is 1. The maximum Gasteiger partial charge on any atom is 0.252 e. The summed E-state index contributed by atoms with van der Waals surface area (Å²) in [6.07, 6.45) is 1.43. The van der Waals surface area contributed by atoms with Crippen molar-refractivity contribution in [2.45, 2.75) is 30.4 Å². The molecule has 3 heterocycles. The number of fused-ring (bicyclic) bond motifs is 2. The number of H-pyrrole nitrogens is 1. The van der Waals surface area contributed by atoms with Gasteiger partial charge in [-0.15, -0.1) is 0 Å². The van der Waals surface area contributed by atoms with Crippen molar-refractivity contribution in [2.75, 3.05) is 33.5 Å². The first-order valence-electron chi connectivity index (χ1n) is 11.2. The number of aromatic amines is 1. The lowest BCUT2D eigenvalue weighted by Crippen LogP contribution is -2.38. The summed E-state index contributed by atoms with van der Waals surface area (Å²) in [5, 5.41) is 0.734. The molecular formula is C24H26N2O7S. The van der Waals surface area contributed by atoms with Crippen LogP contribution in [0.2, 0.25) is 0 Å². The zero-order valence-corrected chi connectivity index (χ0v) is 19.6. The van der Waals surface area contributed by atoms with Gasteiger partial charge in [0.1, 0.15) is 19.0 Å². The van der Waals surface area contributed by atoms with Crippen LogP contribution in [0.4, 0.5) is 0 Å². The van der Waals surface area contributed by atoms with E-state index in [1.165, 1.54) is 23.5 Å². The first-order valence-corrected chi connectivity index (χ1v) is 12.6. The summed E-state index contributed by atoms with van der Waals surface area (Å²) in [6, 6.07) is 11.4. The Bertz CT molecular complexity index is 1350. The fourth-order valence-electron chi connectivity index (χ4n) is 4.26. The van der Waals surface area contributed by atoms with Crippen LogP contribution < -0.4 is 19.8 Å². The number of hydrogen-bond acceptors (Lipinski definition) is 7. The molecule has 1 fully saturated rings. The van der Waals surface area contributed by atoms with Crippen LogP contribution in [0.3, 0.4) is 0 Å². The predicted molar refractivity (Wildman–Crippen MR) is 125 cm³/mol. The smallest absolute Gasteiger partial charge is 0.252 e. The molecule has 2 aliphatic rings. The number of benzene rings is 2. The molecule has 10 heteroatoms. The number of rotatable bonds is 7. The number of nitrogens with one attached hydrogen (secondary N) is 1. The molecule has 0 bridgehead atoms. The van der Waals surface area contributed by atoms with Gasteiger partial charge in [-0.3, -0.25) is 4.79 Å². The maximum atomic E-state index is 13.6. The van der Waals surface area contributed by atoms with Crippen LogP contribution in [0.1, 0.15) is 18.4 Å². The van der Waals surface area contributed by atoms with Gasteiger partial charge in [0.05, 0.1) is 23.6 Å². The van der Waals surface area contributed by atoms with Crippen molar-refractivity contribution >= 4 is 20.9 Å². The first-order chi connectivity index (χ1) is 16.4. The molecule has 0 radical (unpaired) electrons. The van der Waals surface area contributed by atoms with Crippen LogP contribution in [-0.4, -0.2) is 57.3 Å². The number of hydrogen-bond donors (Lipinski definition) is 1. The van der Waals surface area contributed by atoms with E-state index in [0.717, 1.165) is 18.2 Å². The minimum Gasteiger partial charge on any atom is -0.497 e. The minimum atomic E-state index is -3.90. The number of aromatic nitrogens is 1. The van der Waals surface area contributed by atoms with E-state index < -0.39 is 10.0 Å². The van der Waals surface area contributed by atoms with Crippen LogP contribution in [0.25, 0.3) is 10.9 Å². The quantitative estimate of drug-likeness (QED) is 0.547. The van der Waals surface area contributed by atoms with Gasteiger partial charge in [0, 0.05) is 36.7 Å². The number of nitrogens with zero attached hydrogens (tertiary/aromatic N) is 1. The van der Waals surface area contributed by atoms with E-state index in [9.17, 15) is 13.2 Å². The van der Waals surface area contributed by atoms with Gasteiger partial charge < -0.3 is 23.9 Å². The standard InChI is InChI=1S/C24H26N2O7S/c1-30-18-4-6-20(7-5-18)34(28,29)26(15-19-3-2-8-31-19)14-17-11-16-12-22-23(33-10-9-32-22)13-21(16)25-24(17)27/h4-7,11-13,19H,2-3,8-10,14-15H2,1H3,(H,25,27)/t19-/m0/s1. The number of ether oxygens (including phenoxy) is 4. The molecule has 5 rings (SSSR count). The van der Waals surface area contributed by atoms with Gasteiger partial charge in [-0.05, 0) is 49.2 Å². The van der Waals surface area contributed by atoms with Gasteiger partial charge >= 0.3 is 0 Å². The van der Waals surface area contributed by atoms with Gasteiger partial charge in [-0.25, -0.2) is 8.42 Å². The summed E-state index contributed by atoms with van der Waals surface area (Å²) < 4.78 is 50.6. The van der Waals surface area contributed by atoms with Crippen molar-refractivity contribution in [1.82, 2.24) is 9.29 Å². The second-order valence-electron chi connectivity index (χ2n) is 8.31. The molecule has 1 aromatic heterocycles. The Morgan fingerprint density at radius 3 is 2.47 bits per heavy atom. The first kappa shape index (κ1) is 22.7. The Morgan fingerprint density at radius 2 is 1.79 bits per heavy atom. The molecule has 0 unspecified atom stereocenters. The Hall–Kier alpha value is -3.08. The summed E-state index contributed by atoms with van der Waals surface area (Å²) in [7, 11) is -2.37. The molecule has 34 heavy (non-hydrogen) atoms. The lowest BCUT2D eigenvalue weighted by molar-refractivity contribution is 0.0925. The molecule has 0 saturated carbocycles. The highest BCUT2D eigenvalue weighted by atomic mass is 32.2. The van der Waals surface area contributed by atoms with Crippen LogP contribution in [0.5, 0.6) is 17.2 Å². The molecule has 1 N–H and O–H groups in total. The molecule has 1 atom stereocenters. The van der Waals surface area contributed by atoms with E-state index in [0.29, 0.717) is 48.1 Å². The fourth-order valence-corrected chi connectivity index (χ4v) is 5.71. The second kappa shape index (κ2) is 9.28. The second-order valence-corrected chi connectivity index (χ2v) is 10.3. The minimum absolute atomic E-state index is 0.0893. The van der Waals surface area contributed by atoms with Crippen LogP contribution in [0, 0.1) is 0 Å². The van der Waals surface area contributed by atoms with Crippen molar-refractivity contribution in [3.05, 3.63) is 58.4 Å². The van der Waals surface area contributed by atoms with Crippen molar-refractivity contribution in [3.63, 3.8) is 0 Å². The summed E-state index contributed by atoms with van der Waals surface area (Å²) in [5.41, 5.74) is 0.576. The highest BCUT2D eigenvalue weighted by molar-refractivity contribution is 7.89. The average Bonchev–Trinajstić information content (AvgIpc) is 3.36. The third kappa shape index (κ3) is 4.48. The van der Waals surface area contributed by atoms with Crippen LogP contribution in [-0.2, 0) is 21.3 Å². The molecule has 3 aromatic rings. The molecule has 2 aliphatic heterocycles. The predicted octanol–water partition coefficient (Wildman–Crippen LogP) is 2.68. The third-order valence-electron chi connectivity index (χ3n) is 6.06. The molecule has 9 nitrogen and oxygen atoms in total. The molecule has 1 saturated heterocycles. The zero-order valence-electron chi connectivity index (χ0n) is 18.8. The largest absolute Gasteiger partial charge is 0.497 e. The highest BCUT2D eigenvalue weighted by Gasteiger charge is 2.30. The zero-order chi connectivity index (χ0) is 23.7. The normalized spacial score (nSPS) is 17.9. The van der Waals surface area contributed by atoms with E-state index in [1.807, 2.05) is 0 Å². The summed E-state index contributed by atoms with van der Waals surface area (Å²) in [5.74, 6) is 1.73. The van der Waals surface area contributed by atoms with E-state index in [1.54, 1.807) is 30.3 Å². The van der Waals surface area contributed by atoms with E-state index in [2.05, 4.69) is 4.98 Å². The van der Waals surface area contributed by atoms with Crippen LogP contribution >= 0.6 is 0 Å². The Labute approximate surface area is 197 Å². The third-order valence-corrected chi connectivity index (χ3v) is 7.88. The maximum absolute atomic E-state index is 13.6. The van der Waals surface area contributed by atoms with Gasteiger partial charge in [0.2, 0.25) is 10.0 Å². The molecule has 0 aliphatic carbocycles. The van der Waals surface area contributed by atoms with E-state index >= 15 is 0 Å². The van der Waals surface area contributed by atoms with E-state index in [4.69, 9.17) is 18.9 Å². The summed E-state index contributed by atoms with van der Waals surface area (Å²) in [6.45, 7) is 1.57.